The van der Waals surface area contributed by atoms with E-state index in [1.165, 1.54) is 0 Å². The molecule has 0 saturated carbocycles. The highest BCUT2D eigenvalue weighted by Gasteiger charge is 2.33. The maximum absolute atomic E-state index is 12.6. The van der Waals surface area contributed by atoms with Crippen LogP contribution in [0.4, 0.5) is 0 Å². The highest BCUT2D eigenvalue weighted by molar-refractivity contribution is 5.82. The fourth-order valence-electron chi connectivity index (χ4n) is 3.09. The molecule has 0 bridgehead atoms. The van der Waals surface area contributed by atoms with E-state index in [0.29, 0.717) is 39.4 Å². The number of nitrogens with zero attached hydrogens (tertiary/aromatic N) is 2. The maximum Gasteiger partial charge on any atom is 0.237 e. The molecule has 0 spiro atoms. The Morgan fingerprint density at radius 1 is 1.36 bits per heavy atom. The Balaban J connectivity index is 1.88. The summed E-state index contributed by atoms with van der Waals surface area (Å²) in [6.45, 7) is 10.1. The molecule has 2 aliphatic rings. The van der Waals surface area contributed by atoms with Crippen molar-refractivity contribution in [1.29, 1.82) is 0 Å². The van der Waals surface area contributed by atoms with Crippen molar-refractivity contribution in [3.63, 3.8) is 0 Å². The molecule has 2 rings (SSSR count). The van der Waals surface area contributed by atoms with Crippen molar-refractivity contribution in [2.24, 2.45) is 5.92 Å². The molecule has 0 aromatic carbocycles. The number of carbonyl (C=O) groups is 2. The summed E-state index contributed by atoms with van der Waals surface area (Å²) < 4.78 is 5.30. The number of hydrogen-bond acceptors (Lipinski definition) is 4. The van der Waals surface area contributed by atoms with Gasteiger partial charge in [-0.05, 0) is 26.3 Å². The molecule has 0 aromatic rings. The quantitative estimate of drug-likeness (QED) is 0.740. The molecule has 2 atom stereocenters. The Hall–Kier alpha value is -1.40. The van der Waals surface area contributed by atoms with Gasteiger partial charge < -0.3 is 15.0 Å². The molecule has 2 amide bonds. The number of piperidine rings is 1. The van der Waals surface area contributed by atoms with Gasteiger partial charge in [0.05, 0.1) is 25.2 Å². The van der Waals surface area contributed by atoms with Crippen LogP contribution >= 0.6 is 0 Å². The normalized spacial score (nSPS) is 24.6. The summed E-state index contributed by atoms with van der Waals surface area (Å²) in [5.41, 5.74) is 0. The van der Waals surface area contributed by atoms with Crippen LogP contribution in [0.15, 0.2) is 12.7 Å². The van der Waals surface area contributed by atoms with Crippen LogP contribution < -0.4 is 5.32 Å². The van der Waals surface area contributed by atoms with E-state index in [9.17, 15) is 9.59 Å². The Morgan fingerprint density at radius 2 is 2.09 bits per heavy atom. The number of ether oxygens (including phenoxy) is 1. The van der Waals surface area contributed by atoms with Gasteiger partial charge in [-0.25, -0.2) is 0 Å². The van der Waals surface area contributed by atoms with Crippen LogP contribution in [0.3, 0.4) is 0 Å². The number of carbonyl (C=O) groups excluding carboxylic acids is 2. The van der Waals surface area contributed by atoms with Crippen LogP contribution in [0.5, 0.6) is 0 Å². The number of nitrogens with one attached hydrogen (secondary N) is 1. The number of hydrogen-bond donors (Lipinski definition) is 1. The summed E-state index contributed by atoms with van der Waals surface area (Å²) in [4.78, 5) is 28.7. The second kappa shape index (κ2) is 8.29. The van der Waals surface area contributed by atoms with E-state index < -0.39 is 0 Å². The molecular weight excluding hydrogens is 282 g/mol. The topological polar surface area (TPSA) is 61.9 Å². The highest BCUT2D eigenvalue weighted by Crippen LogP contribution is 2.21. The number of likely N-dealkylation sites (tertiary alicyclic amines) is 1. The Kier molecular flexibility index (Phi) is 6.39. The molecule has 6 heteroatoms. The van der Waals surface area contributed by atoms with E-state index in [-0.39, 0.29) is 23.8 Å². The van der Waals surface area contributed by atoms with Gasteiger partial charge in [0.15, 0.2) is 0 Å². The molecular formula is C16H27N3O3. The lowest BCUT2D eigenvalue weighted by Gasteiger charge is -2.38. The lowest BCUT2D eigenvalue weighted by atomic mass is 9.95. The van der Waals surface area contributed by atoms with Gasteiger partial charge in [0, 0.05) is 26.2 Å². The Morgan fingerprint density at radius 3 is 2.77 bits per heavy atom. The number of rotatable bonds is 5. The fourth-order valence-corrected chi connectivity index (χ4v) is 3.09. The van der Waals surface area contributed by atoms with E-state index in [1.54, 1.807) is 6.08 Å². The van der Waals surface area contributed by atoms with E-state index in [0.717, 1.165) is 19.4 Å². The predicted molar refractivity (Wildman–Crippen MR) is 84.4 cm³/mol. The summed E-state index contributed by atoms with van der Waals surface area (Å²) in [6, 6.07) is -0.208. The zero-order valence-corrected chi connectivity index (χ0v) is 13.4. The van der Waals surface area contributed by atoms with Crippen LogP contribution in [-0.2, 0) is 14.3 Å². The summed E-state index contributed by atoms with van der Waals surface area (Å²) >= 11 is 0. The smallest absolute Gasteiger partial charge is 0.237 e. The van der Waals surface area contributed by atoms with Crippen LogP contribution in [-0.4, -0.2) is 73.6 Å². The third-order valence-electron chi connectivity index (χ3n) is 4.47. The van der Waals surface area contributed by atoms with Gasteiger partial charge in [-0.1, -0.05) is 6.08 Å². The second-order valence-electron chi connectivity index (χ2n) is 5.98. The van der Waals surface area contributed by atoms with Gasteiger partial charge >= 0.3 is 0 Å². The average molecular weight is 309 g/mol. The second-order valence-corrected chi connectivity index (χ2v) is 5.98. The van der Waals surface area contributed by atoms with Crippen molar-refractivity contribution in [2.45, 2.75) is 25.8 Å². The first-order valence-corrected chi connectivity index (χ1v) is 8.12. The van der Waals surface area contributed by atoms with Gasteiger partial charge in [0.25, 0.3) is 0 Å². The van der Waals surface area contributed by atoms with E-state index in [1.807, 2.05) is 11.8 Å². The van der Waals surface area contributed by atoms with Gasteiger partial charge in [-0.3, -0.25) is 14.5 Å². The summed E-state index contributed by atoms with van der Waals surface area (Å²) in [6.07, 6.45) is 3.54. The lowest BCUT2D eigenvalue weighted by Crippen LogP contribution is -2.53. The Labute approximate surface area is 132 Å². The molecule has 2 saturated heterocycles. The van der Waals surface area contributed by atoms with Gasteiger partial charge in [-0.15, -0.1) is 6.58 Å². The van der Waals surface area contributed by atoms with E-state index in [4.69, 9.17) is 4.74 Å². The molecule has 1 N–H and O–H groups in total. The SMILES string of the molecule is C=CCNC(=O)C(C)N1CCCC(C(=O)N2CCOCC2)C1. The van der Waals surface area contributed by atoms with Crippen molar-refractivity contribution >= 4 is 11.8 Å². The molecule has 2 aliphatic heterocycles. The molecule has 124 valence electrons. The van der Waals surface area contributed by atoms with Gasteiger partial charge in [0.2, 0.25) is 11.8 Å². The third kappa shape index (κ3) is 4.30. The molecule has 2 unspecified atom stereocenters. The predicted octanol–water partition coefficient (Wildman–Crippen LogP) is 0.248. The van der Waals surface area contributed by atoms with Crippen LogP contribution in [0, 0.1) is 5.92 Å². The van der Waals surface area contributed by atoms with Crippen molar-refractivity contribution in [3.05, 3.63) is 12.7 Å². The third-order valence-corrected chi connectivity index (χ3v) is 4.47. The molecule has 0 radical (unpaired) electrons. The first kappa shape index (κ1) is 17.0. The van der Waals surface area contributed by atoms with Gasteiger partial charge in [0.1, 0.15) is 0 Å². The number of morpholine rings is 1. The average Bonchev–Trinajstić information content (AvgIpc) is 2.59. The maximum atomic E-state index is 12.6. The Bertz CT molecular complexity index is 407. The number of amides is 2. The summed E-state index contributed by atoms with van der Waals surface area (Å²) in [7, 11) is 0. The fraction of sp³-hybridized carbons (Fsp3) is 0.750. The molecule has 22 heavy (non-hydrogen) atoms. The zero-order chi connectivity index (χ0) is 15.9. The van der Waals surface area contributed by atoms with Crippen LogP contribution in [0.2, 0.25) is 0 Å². The minimum Gasteiger partial charge on any atom is -0.378 e. The van der Waals surface area contributed by atoms with Gasteiger partial charge in [-0.2, -0.15) is 0 Å². The minimum absolute atomic E-state index is 0.000582. The van der Waals surface area contributed by atoms with Crippen molar-refractivity contribution in [3.8, 4) is 0 Å². The first-order valence-electron chi connectivity index (χ1n) is 8.12. The highest BCUT2D eigenvalue weighted by atomic mass is 16.5. The molecule has 6 nitrogen and oxygen atoms in total. The largest absolute Gasteiger partial charge is 0.378 e. The monoisotopic (exact) mass is 309 g/mol. The molecule has 2 heterocycles. The van der Waals surface area contributed by atoms with E-state index in [2.05, 4.69) is 16.8 Å². The van der Waals surface area contributed by atoms with E-state index >= 15 is 0 Å². The lowest BCUT2D eigenvalue weighted by molar-refractivity contribution is -0.142. The zero-order valence-electron chi connectivity index (χ0n) is 13.4. The molecule has 2 fully saturated rings. The molecule has 0 aromatic heterocycles. The standard InChI is InChI=1S/C16H27N3O3/c1-3-6-17-15(20)13(2)19-7-4-5-14(12-19)16(21)18-8-10-22-11-9-18/h3,13-14H,1,4-12H2,2H3,(H,17,20). The minimum atomic E-state index is -0.208. The first-order chi connectivity index (χ1) is 10.6. The van der Waals surface area contributed by atoms with Crippen LogP contribution in [0.25, 0.3) is 0 Å². The summed E-state index contributed by atoms with van der Waals surface area (Å²) in [5, 5.41) is 2.83. The van der Waals surface area contributed by atoms with Crippen molar-refractivity contribution in [2.75, 3.05) is 45.9 Å². The molecule has 0 aliphatic carbocycles. The summed E-state index contributed by atoms with van der Waals surface area (Å²) in [5.74, 6) is 0.215. The van der Waals surface area contributed by atoms with Crippen molar-refractivity contribution in [1.82, 2.24) is 15.1 Å². The van der Waals surface area contributed by atoms with Crippen molar-refractivity contribution < 1.29 is 14.3 Å². The van der Waals surface area contributed by atoms with Crippen LogP contribution in [0.1, 0.15) is 19.8 Å².